The number of nitrogens with one attached hydrogen (secondary N) is 1. The maximum absolute atomic E-state index is 11.8. The quantitative estimate of drug-likeness (QED) is 0.601. The molecule has 19 heavy (non-hydrogen) atoms. The van der Waals surface area contributed by atoms with Gasteiger partial charge < -0.3 is 11.1 Å². The van der Waals surface area contributed by atoms with Crippen molar-refractivity contribution in [1.82, 2.24) is 5.32 Å². The SMILES string of the molecule is CC(C)Sc1ccc(C(=O)NCCCCN)cc1.Cl. The van der Waals surface area contributed by atoms with Crippen LogP contribution >= 0.6 is 24.2 Å². The van der Waals surface area contributed by atoms with Gasteiger partial charge in [-0.2, -0.15) is 0 Å². The average molecular weight is 303 g/mol. The fraction of sp³-hybridized carbons (Fsp3) is 0.500. The highest BCUT2D eigenvalue weighted by molar-refractivity contribution is 7.99. The van der Waals surface area contributed by atoms with Gasteiger partial charge in [-0.1, -0.05) is 13.8 Å². The minimum atomic E-state index is -0.00637. The molecule has 1 amide bonds. The second-order valence-electron chi connectivity index (χ2n) is 4.44. The van der Waals surface area contributed by atoms with E-state index in [4.69, 9.17) is 5.73 Å². The molecular formula is C14H23ClN2OS. The van der Waals surface area contributed by atoms with Crippen molar-refractivity contribution >= 4 is 30.1 Å². The summed E-state index contributed by atoms with van der Waals surface area (Å²) in [5.41, 5.74) is 6.12. The van der Waals surface area contributed by atoms with Crippen LogP contribution in [0, 0.1) is 0 Å². The molecule has 5 heteroatoms. The molecular weight excluding hydrogens is 280 g/mol. The Morgan fingerprint density at radius 1 is 1.26 bits per heavy atom. The molecule has 1 rings (SSSR count). The summed E-state index contributed by atoms with van der Waals surface area (Å²) in [7, 11) is 0. The van der Waals surface area contributed by atoms with Gasteiger partial charge in [0.1, 0.15) is 0 Å². The highest BCUT2D eigenvalue weighted by Crippen LogP contribution is 2.22. The number of hydrogen-bond acceptors (Lipinski definition) is 3. The number of halogens is 1. The van der Waals surface area contributed by atoms with E-state index < -0.39 is 0 Å². The lowest BCUT2D eigenvalue weighted by Gasteiger charge is -2.07. The molecule has 0 saturated carbocycles. The van der Waals surface area contributed by atoms with Gasteiger partial charge in [0.25, 0.3) is 5.91 Å². The van der Waals surface area contributed by atoms with E-state index in [9.17, 15) is 4.79 Å². The largest absolute Gasteiger partial charge is 0.352 e. The van der Waals surface area contributed by atoms with Gasteiger partial charge in [0.05, 0.1) is 0 Å². The molecule has 0 aliphatic heterocycles. The molecule has 0 unspecified atom stereocenters. The molecule has 1 aromatic carbocycles. The van der Waals surface area contributed by atoms with Gasteiger partial charge >= 0.3 is 0 Å². The van der Waals surface area contributed by atoms with Crippen LogP contribution in [-0.2, 0) is 0 Å². The second kappa shape index (κ2) is 10.1. The lowest BCUT2D eigenvalue weighted by Crippen LogP contribution is -2.24. The van der Waals surface area contributed by atoms with Crippen LogP contribution in [0.3, 0.4) is 0 Å². The summed E-state index contributed by atoms with van der Waals surface area (Å²) in [5.74, 6) is -0.00637. The number of thioether (sulfide) groups is 1. The van der Waals surface area contributed by atoms with E-state index in [1.54, 1.807) is 11.8 Å². The molecule has 0 fully saturated rings. The molecule has 0 saturated heterocycles. The summed E-state index contributed by atoms with van der Waals surface area (Å²) < 4.78 is 0. The van der Waals surface area contributed by atoms with Gasteiger partial charge in [-0.05, 0) is 43.7 Å². The molecule has 3 nitrogen and oxygen atoms in total. The fourth-order valence-electron chi connectivity index (χ4n) is 1.53. The third-order valence-corrected chi connectivity index (χ3v) is 3.42. The summed E-state index contributed by atoms with van der Waals surface area (Å²) in [6.45, 7) is 5.68. The number of unbranched alkanes of at least 4 members (excludes halogenated alkanes) is 1. The van der Waals surface area contributed by atoms with Crippen molar-refractivity contribution in [3.8, 4) is 0 Å². The molecule has 1 aromatic rings. The van der Waals surface area contributed by atoms with E-state index in [1.165, 1.54) is 4.90 Å². The van der Waals surface area contributed by atoms with Gasteiger partial charge in [-0.3, -0.25) is 4.79 Å². The summed E-state index contributed by atoms with van der Waals surface area (Å²) in [4.78, 5) is 13.0. The molecule has 0 bridgehead atoms. The number of hydrogen-bond donors (Lipinski definition) is 2. The summed E-state index contributed by atoms with van der Waals surface area (Å²) in [6, 6.07) is 7.75. The minimum absolute atomic E-state index is 0. The van der Waals surface area contributed by atoms with Gasteiger partial charge in [0, 0.05) is 22.3 Å². The van der Waals surface area contributed by atoms with Crippen LogP contribution in [0.5, 0.6) is 0 Å². The zero-order valence-electron chi connectivity index (χ0n) is 11.5. The van der Waals surface area contributed by atoms with Crippen LogP contribution in [0.15, 0.2) is 29.2 Å². The molecule has 0 heterocycles. The van der Waals surface area contributed by atoms with E-state index in [0.717, 1.165) is 18.4 Å². The molecule has 108 valence electrons. The first-order chi connectivity index (χ1) is 8.63. The van der Waals surface area contributed by atoms with Crippen LogP contribution in [0.1, 0.15) is 37.0 Å². The number of carbonyl (C=O) groups is 1. The second-order valence-corrected chi connectivity index (χ2v) is 6.09. The van der Waals surface area contributed by atoms with Gasteiger partial charge in [-0.25, -0.2) is 0 Å². The molecule has 0 aliphatic rings. The lowest BCUT2D eigenvalue weighted by atomic mass is 10.2. The molecule has 3 N–H and O–H groups in total. The van der Waals surface area contributed by atoms with Crippen molar-refractivity contribution in [3.05, 3.63) is 29.8 Å². The number of benzene rings is 1. The van der Waals surface area contributed by atoms with Crippen LogP contribution in [0.2, 0.25) is 0 Å². The Hall–Kier alpha value is -0.710. The molecule has 0 atom stereocenters. The number of nitrogens with two attached hydrogens (primary N) is 1. The highest BCUT2D eigenvalue weighted by Gasteiger charge is 2.05. The van der Waals surface area contributed by atoms with Crippen LogP contribution < -0.4 is 11.1 Å². The number of carbonyl (C=O) groups excluding carboxylic acids is 1. The Labute approximate surface area is 126 Å². The maximum atomic E-state index is 11.8. The lowest BCUT2D eigenvalue weighted by molar-refractivity contribution is 0.0953. The number of rotatable bonds is 7. The van der Waals surface area contributed by atoms with E-state index in [1.807, 2.05) is 24.3 Å². The van der Waals surface area contributed by atoms with Gasteiger partial charge in [-0.15, -0.1) is 24.2 Å². The number of amides is 1. The van der Waals surface area contributed by atoms with E-state index in [0.29, 0.717) is 18.3 Å². The van der Waals surface area contributed by atoms with Crippen LogP contribution in [-0.4, -0.2) is 24.2 Å². The van der Waals surface area contributed by atoms with Crippen LogP contribution in [0.4, 0.5) is 0 Å². The van der Waals surface area contributed by atoms with E-state index in [-0.39, 0.29) is 18.3 Å². The third kappa shape index (κ3) is 7.45. The summed E-state index contributed by atoms with van der Waals surface area (Å²) in [6.07, 6.45) is 1.88. The summed E-state index contributed by atoms with van der Waals surface area (Å²) in [5, 5.41) is 3.45. The Balaban J connectivity index is 0.00000324. The third-order valence-electron chi connectivity index (χ3n) is 2.40. The first-order valence-corrected chi connectivity index (χ1v) is 7.26. The monoisotopic (exact) mass is 302 g/mol. The predicted molar refractivity (Wildman–Crippen MR) is 85.3 cm³/mol. The normalized spacial score (nSPS) is 10.1. The standard InChI is InChI=1S/C14H22N2OS.ClH/c1-11(2)18-13-7-5-12(6-8-13)14(17)16-10-4-3-9-15;/h5-8,11H,3-4,9-10,15H2,1-2H3,(H,16,17);1H. The topological polar surface area (TPSA) is 55.1 Å². The zero-order chi connectivity index (χ0) is 13.4. The van der Waals surface area contributed by atoms with Crippen molar-refractivity contribution in [2.45, 2.75) is 36.8 Å². The Bertz CT molecular complexity index is 368. The predicted octanol–water partition coefficient (Wildman–Crippen LogP) is 3.08. The van der Waals surface area contributed by atoms with Crippen molar-refractivity contribution in [3.63, 3.8) is 0 Å². The average Bonchev–Trinajstić information content (AvgIpc) is 2.34. The molecule has 0 aromatic heterocycles. The molecule has 0 radical (unpaired) electrons. The van der Waals surface area contributed by atoms with Crippen molar-refractivity contribution in [2.75, 3.05) is 13.1 Å². The first kappa shape index (κ1) is 18.3. The van der Waals surface area contributed by atoms with Gasteiger partial charge in [0.2, 0.25) is 0 Å². The van der Waals surface area contributed by atoms with E-state index >= 15 is 0 Å². The fourth-order valence-corrected chi connectivity index (χ4v) is 2.37. The van der Waals surface area contributed by atoms with Crippen molar-refractivity contribution < 1.29 is 4.79 Å². The zero-order valence-corrected chi connectivity index (χ0v) is 13.2. The van der Waals surface area contributed by atoms with Crippen LogP contribution in [0.25, 0.3) is 0 Å². The Kier molecular flexibility index (Phi) is 9.74. The molecule has 0 spiro atoms. The Morgan fingerprint density at radius 2 is 1.89 bits per heavy atom. The highest BCUT2D eigenvalue weighted by atomic mass is 35.5. The molecule has 0 aliphatic carbocycles. The van der Waals surface area contributed by atoms with Crippen molar-refractivity contribution in [1.29, 1.82) is 0 Å². The smallest absolute Gasteiger partial charge is 0.251 e. The Morgan fingerprint density at radius 3 is 2.42 bits per heavy atom. The van der Waals surface area contributed by atoms with E-state index in [2.05, 4.69) is 19.2 Å². The maximum Gasteiger partial charge on any atom is 0.251 e. The first-order valence-electron chi connectivity index (χ1n) is 6.38. The minimum Gasteiger partial charge on any atom is -0.352 e. The van der Waals surface area contributed by atoms with Gasteiger partial charge in [0.15, 0.2) is 0 Å². The van der Waals surface area contributed by atoms with Crippen molar-refractivity contribution in [2.24, 2.45) is 5.73 Å². The summed E-state index contributed by atoms with van der Waals surface area (Å²) >= 11 is 1.80.